The smallest absolute Gasteiger partial charge is 0.315 e. The number of halogens is 1. The molecule has 1 aromatic rings. The van der Waals surface area contributed by atoms with Crippen molar-refractivity contribution in [2.24, 2.45) is 0 Å². The summed E-state index contributed by atoms with van der Waals surface area (Å²) in [5.74, 6) is -1.40. The minimum absolute atomic E-state index is 0.200. The number of hydrogen-bond acceptors (Lipinski definition) is 2. The molecule has 2 amide bonds. The molecule has 5 nitrogen and oxygen atoms in total. The van der Waals surface area contributed by atoms with Gasteiger partial charge in [-0.2, -0.15) is 0 Å². The minimum Gasteiger partial charge on any atom is -0.481 e. The molecule has 1 unspecified atom stereocenters. The number of benzene rings is 1. The summed E-state index contributed by atoms with van der Waals surface area (Å²) in [6, 6.07) is 5.11. The van der Waals surface area contributed by atoms with Crippen LogP contribution in [-0.2, 0) is 4.79 Å². The van der Waals surface area contributed by atoms with E-state index in [-0.39, 0.29) is 6.42 Å². The predicted octanol–water partition coefficient (Wildman–Crippen LogP) is 2.44. The number of urea groups is 1. The Labute approximate surface area is 117 Å². The highest BCUT2D eigenvalue weighted by atomic mass is 19.1. The van der Waals surface area contributed by atoms with Crippen LogP contribution in [0.5, 0.6) is 0 Å². The molecule has 1 aromatic carbocycles. The van der Waals surface area contributed by atoms with E-state index in [1.54, 1.807) is 39.0 Å². The Kier molecular flexibility index (Phi) is 5.07. The highest BCUT2D eigenvalue weighted by Crippen LogP contribution is 2.16. The van der Waals surface area contributed by atoms with Gasteiger partial charge in [-0.25, -0.2) is 9.18 Å². The van der Waals surface area contributed by atoms with Crippen LogP contribution in [-0.4, -0.2) is 22.6 Å². The van der Waals surface area contributed by atoms with Gasteiger partial charge in [0.25, 0.3) is 0 Å². The molecule has 1 atom stereocenters. The van der Waals surface area contributed by atoms with E-state index in [4.69, 9.17) is 5.11 Å². The number of nitrogens with one attached hydrogen (secondary N) is 2. The molecule has 3 N–H and O–H groups in total. The maximum atomic E-state index is 13.6. The zero-order chi connectivity index (χ0) is 15.3. The molecule has 6 heteroatoms. The van der Waals surface area contributed by atoms with Crippen LogP contribution in [0.1, 0.15) is 38.8 Å². The van der Waals surface area contributed by atoms with Crippen molar-refractivity contribution < 1.29 is 19.1 Å². The van der Waals surface area contributed by atoms with Crippen LogP contribution < -0.4 is 10.6 Å². The van der Waals surface area contributed by atoms with Gasteiger partial charge in [0.15, 0.2) is 0 Å². The van der Waals surface area contributed by atoms with Crippen LogP contribution in [0.4, 0.5) is 9.18 Å². The SMILES string of the molecule is CC(NC(=O)NC(C)(C)CC(=O)O)c1ccccc1F. The fraction of sp³-hybridized carbons (Fsp3) is 0.429. The van der Waals surface area contributed by atoms with Crippen molar-refractivity contribution in [1.82, 2.24) is 10.6 Å². The van der Waals surface area contributed by atoms with Crippen LogP contribution in [0, 0.1) is 5.82 Å². The monoisotopic (exact) mass is 282 g/mol. The van der Waals surface area contributed by atoms with Gasteiger partial charge in [-0.3, -0.25) is 4.79 Å². The highest BCUT2D eigenvalue weighted by Gasteiger charge is 2.24. The number of carbonyl (C=O) groups excluding carboxylic acids is 1. The second kappa shape index (κ2) is 6.36. The van der Waals surface area contributed by atoms with E-state index in [2.05, 4.69) is 10.6 Å². The third kappa shape index (κ3) is 4.87. The Balaban J connectivity index is 2.63. The molecule has 0 aliphatic heterocycles. The van der Waals surface area contributed by atoms with Crippen molar-refractivity contribution >= 4 is 12.0 Å². The lowest BCUT2D eigenvalue weighted by molar-refractivity contribution is -0.138. The van der Waals surface area contributed by atoms with Gasteiger partial charge >= 0.3 is 12.0 Å². The second-order valence-electron chi connectivity index (χ2n) is 5.30. The minimum atomic E-state index is -1.00. The molecule has 0 radical (unpaired) electrons. The summed E-state index contributed by atoms with van der Waals surface area (Å²) in [5.41, 5.74) is -0.510. The molecule has 0 bridgehead atoms. The topological polar surface area (TPSA) is 78.4 Å². The average Bonchev–Trinajstić information content (AvgIpc) is 2.25. The molecular formula is C14H19FN2O3. The van der Waals surface area contributed by atoms with E-state index < -0.39 is 29.4 Å². The number of carbonyl (C=O) groups is 2. The molecule has 0 fully saturated rings. The van der Waals surface area contributed by atoms with Crippen LogP contribution >= 0.6 is 0 Å². The number of rotatable bonds is 5. The fourth-order valence-corrected chi connectivity index (χ4v) is 1.87. The van der Waals surface area contributed by atoms with E-state index >= 15 is 0 Å². The van der Waals surface area contributed by atoms with E-state index in [9.17, 15) is 14.0 Å². The highest BCUT2D eigenvalue weighted by molar-refractivity contribution is 5.77. The molecule has 110 valence electrons. The van der Waals surface area contributed by atoms with Crippen molar-refractivity contribution in [2.45, 2.75) is 38.8 Å². The van der Waals surface area contributed by atoms with Gasteiger partial charge in [0, 0.05) is 11.1 Å². The van der Waals surface area contributed by atoms with Gasteiger partial charge in [-0.15, -0.1) is 0 Å². The van der Waals surface area contributed by atoms with Crippen LogP contribution in [0.2, 0.25) is 0 Å². The maximum absolute atomic E-state index is 13.6. The van der Waals surface area contributed by atoms with Gasteiger partial charge in [-0.1, -0.05) is 18.2 Å². The van der Waals surface area contributed by atoms with Gasteiger partial charge in [0.2, 0.25) is 0 Å². The average molecular weight is 282 g/mol. The molecule has 0 heterocycles. The Morgan fingerprint density at radius 3 is 2.50 bits per heavy atom. The number of hydrogen-bond donors (Lipinski definition) is 3. The lowest BCUT2D eigenvalue weighted by Crippen LogP contribution is -2.49. The largest absolute Gasteiger partial charge is 0.481 e. The molecular weight excluding hydrogens is 263 g/mol. The number of amides is 2. The summed E-state index contributed by atoms with van der Waals surface area (Å²) < 4.78 is 13.6. The lowest BCUT2D eigenvalue weighted by Gasteiger charge is -2.26. The summed E-state index contributed by atoms with van der Waals surface area (Å²) >= 11 is 0. The first-order valence-electron chi connectivity index (χ1n) is 6.26. The quantitative estimate of drug-likeness (QED) is 0.776. The molecule has 0 aliphatic rings. The van der Waals surface area contributed by atoms with Gasteiger partial charge in [0.1, 0.15) is 5.82 Å². The van der Waals surface area contributed by atoms with Crippen LogP contribution in [0.3, 0.4) is 0 Å². The van der Waals surface area contributed by atoms with Crippen molar-refractivity contribution in [3.05, 3.63) is 35.6 Å². The van der Waals surface area contributed by atoms with E-state index in [0.29, 0.717) is 5.56 Å². The maximum Gasteiger partial charge on any atom is 0.315 e. The normalized spacial score (nSPS) is 12.6. The Bertz CT molecular complexity index is 503. The Hall–Kier alpha value is -2.11. The number of carboxylic acid groups (broad SMARTS) is 1. The summed E-state index contributed by atoms with van der Waals surface area (Å²) in [5, 5.41) is 13.9. The predicted molar refractivity (Wildman–Crippen MR) is 72.8 cm³/mol. The molecule has 0 aliphatic carbocycles. The Morgan fingerprint density at radius 1 is 1.35 bits per heavy atom. The first kappa shape index (κ1) is 15.9. The van der Waals surface area contributed by atoms with Crippen molar-refractivity contribution in [3.8, 4) is 0 Å². The van der Waals surface area contributed by atoms with Crippen molar-refractivity contribution in [1.29, 1.82) is 0 Å². The summed E-state index contributed by atoms with van der Waals surface area (Å²) in [7, 11) is 0. The van der Waals surface area contributed by atoms with Crippen LogP contribution in [0.15, 0.2) is 24.3 Å². The molecule has 20 heavy (non-hydrogen) atoms. The zero-order valence-electron chi connectivity index (χ0n) is 11.7. The van der Waals surface area contributed by atoms with Gasteiger partial charge in [0.05, 0.1) is 12.5 Å². The Morgan fingerprint density at radius 2 is 1.95 bits per heavy atom. The van der Waals surface area contributed by atoms with E-state index in [1.807, 2.05) is 0 Å². The van der Waals surface area contributed by atoms with Gasteiger partial charge in [-0.05, 0) is 26.8 Å². The third-order valence-corrected chi connectivity index (χ3v) is 2.76. The van der Waals surface area contributed by atoms with Crippen molar-refractivity contribution in [3.63, 3.8) is 0 Å². The molecule has 0 aromatic heterocycles. The summed E-state index contributed by atoms with van der Waals surface area (Å²) in [6.07, 6.45) is -0.200. The van der Waals surface area contributed by atoms with Crippen molar-refractivity contribution in [2.75, 3.05) is 0 Å². The van der Waals surface area contributed by atoms with Crippen LogP contribution in [0.25, 0.3) is 0 Å². The zero-order valence-corrected chi connectivity index (χ0v) is 11.7. The lowest BCUT2D eigenvalue weighted by atomic mass is 10.0. The second-order valence-corrected chi connectivity index (χ2v) is 5.30. The standard InChI is InChI=1S/C14H19FN2O3/c1-9(10-6-4-5-7-11(10)15)16-13(20)17-14(2,3)8-12(18)19/h4-7,9H,8H2,1-3H3,(H,18,19)(H2,16,17,20). The number of aliphatic carboxylic acids is 1. The number of carboxylic acids is 1. The van der Waals surface area contributed by atoms with Gasteiger partial charge < -0.3 is 15.7 Å². The molecule has 0 spiro atoms. The third-order valence-electron chi connectivity index (χ3n) is 2.76. The van der Waals surface area contributed by atoms with E-state index in [0.717, 1.165) is 0 Å². The first-order chi connectivity index (χ1) is 9.21. The molecule has 0 saturated carbocycles. The molecule has 1 rings (SSSR count). The molecule has 0 saturated heterocycles. The summed E-state index contributed by atoms with van der Waals surface area (Å²) in [6.45, 7) is 4.87. The van der Waals surface area contributed by atoms with E-state index in [1.165, 1.54) is 6.07 Å². The fourth-order valence-electron chi connectivity index (χ4n) is 1.87. The summed E-state index contributed by atoms with van der Waals surface area (Å²) in [4.78, 5) is 22.5. The first-order valence-corrected chi connectivity index (χ1v) is 6.26.